The first-order valence-electron chi connectivity index (χ1n) is 10.2. The van der Waals surface area contributed by atoms with Crippen LogP contribution in [0.5, 0.6) is 0 Å². The molecule has 0 saturated heterocycles. The van der Waals surface area contributed by atoms with E-state index in [-0.39, 0.29) is 12.1 Å². The Hall–Kier alpha value is -0.140. The molecule has 144 valence electrons. The Balaban J connectivity index is 3.11. The molecule has 4 heteroatoms. The minimum absolute atomic E-state index is 0.0844. The summed E-state index contributed by atoms with van der Waals surface area (Å²) in [6.45, 7) is 4.69. The lowest BCUT2D eigenvalue weighted by Gasteiger charge is -2.09. The summed E-state index contributed by atoms with van der Waals surface area (Å²) in [6, 6.07) is 0. The quantitative estimate of drug-likeness (QED) is 0.157. The summed E-state index contributed by atoms with van der Waals surface area (Å²) < 4.78 is 10.2. The van der Waals surface area contributed by atoms with Gasteiger partial charge in [-0.1, -0.05) is 90.4 Å². The van der Waals surface area contributed by atoms with Crippen LogP contribution in [0, 0.1) is 0 Å². The second-order valence-corrected chi connectivity index (χ2v) is 7.24. The molecule has 0 amide bonds. The molecular weight excluding hydrogens is 319 g/mol. The van der Waals surface area contributed by atoms with Gasteiger partial charge in [0.2, 0.25) is 0 Å². The van der Waals surface area contributed by atoms with Crippen molar-refractivity contribution in [2.24, 2.45) is 0 Å². The molecule has 0 aliphatic rings. The van der Waals surface area contributed by atoms with Crippen molar-refractivity contribution in [3.63, 3.8) is 0 Å². The highest BCUT2D eigenvalue weighted by Crippen LogP contribution is 2.13. The van der Waals surface area contributed by atoms with Crippen LogP contribution in [0.25, 0.3) is 0 Å². The second kappa shape index (κ2) is 19.2. The topological polar surface area (TPSA) is 35.5 Å². The first kappa shape index (κ1) is 23.9. The minimum atomic E-state index is -0.153. The molecule has 0 N–H and O–H groups in total. The Labute approximate surface area is 152 Å². The molecule has 0 aliphatic carbocycles. The van der Waals surface area contributed by atoms with E-state index in [2.05, 4.69) is 16.4 Å². The van der Waals surface area contributed by atoms with Crippen LogP contribution >= 0.6 is 9.47 Å². The lowest BCUT2D eigenvalue weighted by Crippen LogP contribution is -2.13. The normalized spacial score (nSPS) is 12.3. The molecule has 0 saturated carbocycles. The standard InChI is InChI=1S/C20H41O3P/c1-3-4-5-6-7-8-9-10-11-12-13-14-15-16-17-22-20(21)18-19(2)23-24/h19H,3-18,24H2,1-2H3. The van der Waals surface area contributed by atoms with Crippen LogP contribution in [0.3, 0.4) is 0 Å². The summed E-state index contributed by atoms with van der Waals surface area (Å²) >= 11 is 0. The number of esters is 1. The van der Waals surface area contributed by atoms with E-state index in [1.165, 1.54) is 83.5 Å². The zero-order valence-corrected chi connectivity index (χ0v) is 17.3. The van der Waals surface area contributed by atoms with Gasteiger partial charge in [0.1, 0.15) is 0 Å². The third-order valence-electron chi connectivity index (χ3n) is 4.45. The van der Waals surface area contributed by atoms with Gasteiger partial charge in [-0.05, 0) is 13.3 Å². The Morgan fingerprint density at radius 2 is 1.21 bits per heavy atom. The predicted molar refractivity (Wildman–Crippen MR) is 106 cm³/mol. The highest BCUT2D eigenvalue weighted by Gasteiger charge is 2.08. The molecule has 2 unspecified atom stereocenters. The zero-order chi connectivity index (χ0) is 17.9. The predicted octanol–water partition coefficient (Wildman–Crippen LogP) is 6.60. The monoisotopic (exact) mass is 360 g/mol. The molecule has 2 atom stereocenters. The molecule has 0 bridgehead atoms. The van der Waals surface area contributed by atoms with Crippen LogP contribution in [-0.2, 0) is 14.1 Å². The SMILES string of the molecule is CCCCCCCCCCCCCCCCOC(=O)CC(C)OP. The van der Waals surface area contributed by atoms with Crippen LogP contribution in [0.1, 0.15) is 110 Å². The average Bonchev–Trinajstić information content (AvgIpc) is 2.58. The van der Waals surface area contributed by atoms with Crippen molar-refractivity contribution in [1.29, 1.82) is 0 Å². The zero-order valence-electron chi connectivity index (χ0n) is 16.2. The fraction of sp³-hybridized carbons (Fsp3) is 0.950. The number of unbranched alkanes of at least 4 members (excludes halogenated alkanes) is 13. The van der Waals surface area contributed by atoms with Crippen LogP contribution in [0.4, 0.5) is 0 Å². The lowest BCUT2D eigenvalue weighted by atomic mass is 10.0. The van der Waals surface area contributed by atoms with Gasteiger partial charge in [0, 0.05) is 9.47 Å². The molecule has 0 heterocycles. The summed E-state index contributed by atoms with van der Waals surface area (Å²) in [6.07, 6.45) is 19.0. The summed E-state index contributed by atoms with van der Waals surface area (Å²) in [7, 11) is 2.18. The smallest absolute Gasteiger partial charge is 0.308 e. The van der Waals surface area contributed by atoms with E-state index in [0.29, 0.717) is 13.0 Å². The highest BCUT2D eigenvalue weighted by molar-refractivity contribution is 7.09. The molecule has 0 fully saturated rings. The lowest BCUT2D eigenvalue weighted by molar-refractivity contribution is -0.145. The van der Waals surface area contributed by atoms with E-state index in [0.717, 1.165) is 6.42 Å². The summed E-state index contributed by atoms with van der Waals surface area (Å²) in [5.41, 5.74) is 0. The number of ether oxygens (including phenoxy) is 1. The van der Waals surface area contributed by atoms with Gasteiger partial charge in [-0.25, -0.2) is 0 Å². The molecule has 0 aromatic heterocycles. The molecule has 0 rings (SSSR count). The number of carbonyl (C=O) groups is 1. The van der Waals surface area contributed by atoms with Gasteiger partial charge < -0.3 is 9.26 Å². The van der Waals surface area contributed by atoms with Gasteiger partial charge in [-0.3, -0.25) is 4.79 Å². The van der Waals surface area contributed by atoms with Gasteiger partial charge in [-0.2, -0.15) is 0 Å². The second-order valence-electron chi connectivity index (χ2n) is 6.97. The first-order chi connectivity index (χ1) is 11.7. The van der Waals surface area contributed by atoms with Crippen molar-refractivity contribution in [2.45, 2.75) is 116 Å². The van der Waals surface area contributed by atoms with Crippen LogP contribution in [0.2, 0.25) is 0 Å². The third kappa shape index (κ3) is 18.2. The maximum Gasteiger partial charge on any atom is 0.308 e. The Morgan fingerprint density at radius 1 is 0.792 bits per heavy atom. The van der Waals surface area contributed by atoms with Crippen molar-refractivity contribution >= 4 is 15.4 Å². The molecule has 24 heavy (non-hydrogen) atoms. The van der Waals surface area contributed by atoms with E-state index < -0.39 is 0 Å². The third-order valence-corrected chi connectivity index (χ3v) is 4.91. The number of rotatable bonds is 18. The van der Waals surface area contributed by atoms with E-state index >= 15 is 0 Å². The number of hydrogen-bond acceptors (Lipinski definition) is 3. The number of hydrogen-bond donors (Lipinski definition) is 0. The average molecular weight is 361 g/mol. The Bertz CT molecular complexity index is 272. The van der Waals surface area contributed by atoms with Crippen LogP contribution in [0.15, 0.2) is 0 Å². The van der Waals surface area contributed by atoms with Gasteiger partial charge in [0.15, 0.2) is 0 Å². The highest BCUT2D eigenvalue weighted by atomic mass is 31.0. The van der Waals surface area contributed by atoms with Crippen molar-refractivity contribution < 1.29 is 14.1 Å². The van der Waals surface area contributed by atoms with Crippen LogP contribution < -0.4 is 0 Å². The van der Waals surface area contributed by atoms with E-state index in [1.54, 1.807) is 0 Å². The molecule has 0 spiro atoms. The summed E-state index contributed by atoms with van der Waals surface area (Å²) in [5, 5.41) is 0. The van der Waals surface area contributed by atoms with Gasteiger partial charge in [0.25, 0.3) is 0 Å². The molecule has 0 aromatic carbocycles. The van der Waals surface area contributed by atoms with E-state index in [9.17, 15) is 4.79 Å². The van der Waals surface area contributed by atoms with E-state index in [1.807, 2.05) is 6.92 Å². The number of carbonyl (C=O) groups excluding carboxylic acids is 1. The Morgan fingerprint density at radius 3 is 1.62 bits per heavy atom. The van der Waals surface area contributed by atoms with Crippen molar-refractivity contribution in [3.05, 3.63) is 0 Å². The van der Waals surface area contributed by atoms with E-state index in [4.69, 9.17) is 9.26 Å². The molecule has 3 nitrogen and oxygen atoms in total. The van der Waals surface area contributed by atoms with Gasteiger partial charge >= 0.3 is 5.97 Å². The molecule has 0 aromatic rings. The van der Waals surface area contributed by atoms with Crippen molar-refractivity contribution in [3.8, 4) is 0 Å². The first-order valence-corrected chi connectivity index (χ1v) is 10.7. The van der Waals surface area contributed by atoms with Gasteiger partial charge in [0.05, 0.1) is 19.1 Å². The summed E-state index contributed by atoms with van der Waals surface area (Å²) in [5.74, 6) is -0.153. The molecule has 0 radical (unpaired) electrons. The van der Waals surface area contributed by atoms with Gasteiger partial charge in [-0.15, -0.1) is 0 Å². The van der Waals surface area contributed by atoms with Crippen molar-refractivity contribution in [2.75, 3.05) is 6.61 Å². The largest absolute Gasteiger partial charge is 0.466 e. The molecule has 0 aliphatic heterocycles. The Kier molecular flexibility index (Phi) is 19.1. The fourth-order valence-electron chi connectivity index (χ4n) is 2.82. The van der Waals surface area contributed by atoms with Crippen molar-refractivity contribution in [1.82, 2.24) is 0 Å². The maximum atomic E-state index is 11.4. The van der Waals surface area contributed by atoms with Crippen LogP contribution in [-0.4, -0.2) is 18.7 Å². The maximum absolute atomic E-state index is 11.4. The minimum Gasteiger partial charge on any atom is -0.466 e. The summed E-state index contributed by atoms with van der Waals surface area (Å²) in [4.78, 5) is 11.4. The fourth-order valence-corrected chi connectivity index (χ4v) is 2.92. The molecular formula is C20H41O3P.